The number of halogens is 4. The van der Waals surface area contributed by atoms with Gasteiger partial charge in [0.15, 0.2) is 5.75 Å². The maximum Gasteiger partial charge on any atom is 0.573 e. The molecule has 1 heterocycles. The Bertz CT molecular complexity index is 557. The summed E-state index contributed by atoms with van der Waals surface area (Å²) in [5, 5.41) is 4.66. The van der Waals surface area contributed by atoms with Crippen molar-refractivity contribution < 1.29 is 35.5 Å². The number of nitrogens with two attached hydrogens (primary N) is 1. The predicted octanol–water partition coefficient (Wildman–Crippen LogP) is 0.775. The summed E-state index contributed by atoms with van der Waals surface area (Å²) in [5.74, 6) is -3.98. The lowest BCUT2D eigenvalue weighted by atomic mass is 10.4. The fourth-order valence-corrected chi connectivity index (χ4v) is 1.62. The zero-order valence-corrected chi connectivity index (χ0v) is 9.47. The molecule has 0 spiro atoms. The van der Waals surface area contributed by atoms with Crippen molar-refractivity contribution in [3.63, 3.8) is 0 Å². The number of rotatable bonds is 3. The molecule has 0 bridgehead atoms. The summed E-state index contributed by atoms with van der Waals surface area (Å²) in [4.78, 5) is 1.77. The second kappa shape index (κ2) is 4.57. The Hall–Kier alpha value is -1.62. The summed E-state index contributed by atoms with van der Waals surface area (Å²) in [5.41, 5.74) is 0. The quantitative estimate of drug-likeness (QED) is 0.656. The number of hydrogen-bond donors (Lipinski definition) is 1. The molecule has 0 unspecified atom stereocenters. The molecule has 0 amide bonds. The minimum absolute atomic E-state index is 0.300. The highest BCUT2D eigenvalue weighted by Gasteiger charge is 2.37. The monoisotopic (exact) mass is 290 g/mol. The van der Waals surface area contributed by atoms with Gasteiger partial charge in [-0.15, -0.1) is 13.2 Å². The van der Waals surface area contributed by atoms with Crippen molar-refractivity contribution in [2.45, 2.75) is 11.3 Å². The molecule has 0 fully saturated rings. The Balaban J connectivity index is 3.55. The standard InChI is InChI=1S/C7H6F4N2O4S/c1-16-5-4(17-7(9,10)11)3(18(12,14)15)2-13-6(5)8/h2H,1H3,(H2,12,14,15). The van der Waals surface area contributed by atoms with Crippen LogP contribution in [0.3, 0.4) is 0 Å². The average molecular weight is 290 g/mol. The molecule has 0 aliphatic rings. The predicted molar refractivity (Wildman–Crippen MR) is 48.8 cm³/mol. The molecule has 0 aliphatic carbocycles. The first-order chi connectivity index (χ1) is 8.06. The zero-order chi connectivity index (χ0) is 14.1. The fraction of sp³-hybridized carbons (Fsp3) is 0.286. The van der Waals surface area contributed by atoms with Gasteiger partial charge in [0.1, 0.15) is 4.90 Å². The summed E-state index contributed by atoms with van der Waals surface area (Å²) >= 11 is 0. The number of methoxy groups -OCH3 is 1. The molecular weight excluding hydrogens is 284 g/mol. The molecule has 1 aromatic rings. The van der Waals surface area contributed by atoms with Gasteiger partial charge in [0.2, 0.25) is 15.8 Å². The lowest BCUT2D eigenvalue weighted by Gasteiger charge is -2.14. The molecule has 0 aliphatic heterocycles. The molecule has 2 N–H and O–H groups in total. The van der Waals surface area contributed by atoms with Gasteiger partial charge in [0.05, 0.1) is 13.3 Å². The van der Waals surface area contributed by atoms with Crippen LogP contribution in [0.25, 0.3) is 0 Å². The lowest BCUT2D eigenvalue weighted by Crippen LogP contribution is -2.22. The van der Waals surface area contributed by atoms with Crippen LogP contribution in [0.5, 0.6) is 11.5 Å². The van der Waals surface area contributed by atoms with Crippen molar-refractivity contribution in [1.29, 1.82) is 0 Å². The van der Waals surface area contributed by atoms with Gasteiger partial charge in [-0.25, -0.2) is 18.5 Å². The zero-order valence-electron chi connectivity index (χ0n) is 8.66. The summed E-state index contributed by atoms with van der Waals surface area (Å²) in [6.45, 7) is 0. The second-order valence-corrected chi connectivity index (χ2v) is 4.40. The number of hydrogen-bond acceptors (Lipinski definition) is 5. The number of nitrogens with zero attached hydrogens (tertiary/aromatic N) is 1. The fourth-order valence-electron chi connectivity index (χ4n) is 1.03. The van der Waals surface area contributed by atoms with Crippen LogP contribution < -0.4 is 14.6 Å². The second-order valence-electron chi connectivity index (χ2n) is 2.87. The first-order valence-corrected chi connectivity index (χ1v) is 5.62. The Morgan fingerprint density at radius 1 is 1.33 bits per heavy atom. The van der Waals surface area contributed by atoms with Crippen molar-refractivity contribution >= 4 is 10.0 Å². The molecule has 18 heavy (non-hydrogen) atoms. The van der Waals surface area contributed by atoms with E-state index in [-0.39, 0.29) is 0 Å². The van der Waals surface area contributed by atoms with Crippen LogP contribution >= 0.6 is 0 Å². The summed E-state index contributed by atoms with van der Waals surface area (Å²) in [7, 11) is -3.77. The van der Waals surface area contributed by atoms with Gasteiger partial charge in [0, 0.05) is 0 Å². The number of ether oxygens (including phenoxy) is 2. The molecule has 0 aromatic carbocycles. The van der Waals surface area contributed by atoms with E-state index in [9.17, 15) is 26.0 Å². The van der Waals surface area contributed by atoms with Gasteiger partial charge in [-0.05, 0) is 0 Å². The SMILES string of the molecule is COc1c(F)ncc(S(N)(=O)=O)c1OC(F)(F)F. The third kappa shape index (κ3) is 3.20. The van der Waals surface area contributed by atoms with Gasteiger partial charge in [-0.2, -0.15) is 4.39 Å². The van der Waals surface area contributed by atoms with Crippen LogP contribution in [0.1, 0.15) is 0 Å². The number of aromatic nitrogens is 1. The van der Waals surface area contributed by atoms with Crippen LogP contribution in [-0.4, -0.2) is 26.9 Å². The number of alkyl halides is 3. The van der Waals surface area contributed by atoms with Crippen LogP contribution in [-0.2, 0) is 10.0 Å². The highest BCUT2D eigenvalue weighted by molar-refractivity contribution is 7.89. The van der Waals surface area contributed by atoms with E-state index in [2.05, 4.69) is 19.6 Å². The third-order valence-corrected chi connectivity index (χ3v) is 2.54. The summed E-state index contributed by atoms with van der Waals surface area (Å²) in [6, 6.07) is 0. The Kier molecular flexibility index (Phi) is 3.67. The number of primary sulfonamides is 1. The highest BCUT2D eigenvalue weighted by Crippen LogP contribution is 2.38. The van der Waals surface area contributed by atoms with Gasteiger partial charge >= 0.3 is 6.36 Å². The molecule has 0 radical (unpaired) electrons. The van der Waals surface area contributed by atoms with E-state index < -0.39 is 38.7 Å². The van der Waals surface area contributed by atoms with Crippen molar-refractivity contribution in [3.05, 3.63) is 12.1 Å². The number of pyridine rings is 1. The van der Waals surface area contributed by atoms with Crippen LogP contribution in [0.15, 0.2) is 11.1 Å². The van der Waals surface area contributed by atoms with E-state index in [1.807, 2.05) is 0 Å². The molecule has 0 atom stereocenters. The van der Waals surface area contributed by atoms with E-state index in [4.69, 9.17) is 0 Å². The lowest BCUT2D eigenvalue weighted by molar-refractivity contribution is -0.276. The van der Waals surface area contributed by atoms with Gasteiger partial charge in [-0.1, -0.05) is 0 Å². The normalized spacial score (nSPS) is 12.3. The Morgan fingerprint density at radius 2 is 1.89 bits per heavy atom. The average Bonchev–Trinajstić information content (AvgIpc) is 2.13. The topological polar surface area (TPSA) is 91.5 Å². The first-order valence-electron chi connectivity index (χ1n) is 4.07. The van der Waals surface area contributed by atoms with E-state index in [0.29, 0.717) is 6.20 Å². The summed E-state index contributed by atoms with van der Waals surface area (Å²) < 4.78 is 79.1. The third-order valence-electron chi connectivity index (χ3n) is 1.64. The molecule has 102 valence electrons. The van der Waals surface area contributed by atoms with Crippen molar-refractivity contribution in [2.24, 2.45) is 5.14 Å². The van der Waals surface area contributed by atoms with E-state index in [1.54, 1.807) is 0 Å². The smallest absolute Gasteiger partial charge is 0.489 e. The van der Waals surface area contributed by atoms with E-state index in [0.717, 1.165) is 7.11 Å². The highest BCUT2D eigenvalue weighted by atomic mass is 32.2. The maximum atomic E-state index is 13.1. The number of sulfonamides is 1. The molecule has 11 heteroatoms. The van der Waals surface area contributed by atoms with E-state index >= 15 is 0 Å². The maximum absolute atomic E-state index is 13.1. The Morgan fingerprint density at radius 3 is 2.28 bits per heavy atom. The van der Waals surface area contributed by atoms with Crippen molar-refractivity contribution in [2.75, 3.05) is 7.11 Å². The Labute approximate surface area is 98.4 Å². The van der Waals surface area contributed by atoms with Crippen molar-refractivity contribution in [3.8, 4) is 11.5 Å². The van der Waals surface area contributed by atoms with Crippen molar-refractivity contribution in [1.82, 2.24) is 4.98 Å². The molecular formula is C7H6F4N2O4S. The molecule has 1 aromatic heterocycles. The van der Waals surface area contributed by atoms with Crippen LogP contribution in [0, 0.1) is 5.95 Å². The van der Waals surface area contributed by atoms with Crippen LogP contribution in [0.4, 0.5) is 17.6 Å². The van der Waals surface area contributed by atoms with Gasteiger partial charge in [0.25, 0.3) is 5.95 Å². The molecule has 0 saturated heterocycles. The van der Waals surface area contributed by atoms with Crippen LogP contribution in [0.2, 0.25) is 0 Å². The largest absolute Gasteiger partial charge is 0.573 e. The summed E-state index contributed by atoms with van der Waals surface area (Å²) in [6.07, 6.45) is -4.95. The molecule has 1 rings (SSSR count). The minimum Gasteiger partial charge on any atom is -0.489 e. The minimum atomic E-state index is -5.25. The van der Waals surface area contributed by atoms with Gasteiger partial charge < -0.3 is 9.47 Å². The molecule has 6 nitrogen and oxygen atoms in total. The first kappa shape index (κ1) is 14.4. The molecule has 0 saturated carbocycles. The van der Waals surface area contributed by atoms with Gasteiger partial charge in [-0.3, -0.25) is 0 Å². The van der Waals surface area contributed by atoms with E-state index in [1.165, 1.54) is 0 Å².